The molecule has 3 heteroatoms. The van der Waals surface area contributed by atoms with Crippen molar-refractivity contribution in [2.24, 2.45) is 0 Å². The van der Waals surface area contributed by atoms with E-state index in [-0.39, 0.29) is 0 Å². The summed E-state index contributed by atoms with van der Waals surface area (Å²) in [7, 11) is 0. The van der Waals surface area contributed by atoms with Crippen LogP contribution in [0.25, 0.3) is 116 Å². The number of nitrogens with zero attached hydrogens (tertiary/aromatic N) is 2. The minimum absolute atomic E-state index is 0.871. The molecular formula is C55H34N2O. The lowest BCUT2D eigenvalue weighted by Crippen LogP contribution is -1.98. The van der Waals surface area contributed by atoms with Gasteiger partial charge in [0.1, 0.15) is 11.2 Å². The van der Waals surface area contributed by atoms with Gasteiger partial charge >= 0.3 is 0 Å². The topological polar surface area (TPSA) is 31.0 Å². The van der Waals surface area contributed by atoms with Crippen LogP contribution in [0.5, 0.6) is 0 Å². The molecule has 0 atom stereocenters. The fourth-order valence-corrected chi connectivity index (χ4v) is 9.05. The normalized spacial score (nSPS) is 11.8. The van der Waals surface area contributed by atoms with Crippen molar-refractivity contribution >= 4 is 65.3 Å². The third-order valence-corrected chi connectivity index (χ3v) is 11.7. The quantitative estimate of drug-likeness (QED) is 0.165. The molecule has 3 aromatic heterocycles. The van der Waals surface area contributed by atoms with Gasteiger partial charge < -0.3 is 8.98 Å². The minimum atomic E-state index is 0.871. The van der Waals surface area contributed by atoms with Gasteiger partial charge in [-0.1, -0.05) is 133 Å². The molecule has 0 aliphatic carbocycles. The highest BCUT2D eigenvalue weighted by atomic mass is 16.3. The number of benzene rings is 9. The van der Waals surface area contributed by atoms with Gasteiger partial charge in [0, 0.05) is 38.4 Å². The molecule has 0 spiro atoms. The molecule has 0 unspecified atom stereocenters. The summed E-state index contributed by atoms with van der Waals surface area (Å²) in [4.78, 5) is 5.52. The van der Waals surface area contributed by atoms with Gasteiger partial charge in [0.15, 0.2) is 0 Å². The van der Waals surface area contributed by atoms with Crippen LogP contribution in [0.4, 0.5) is 0 Å². The lowest BCUT2D eigenvalue weighted by molar-refractivity contribution is 0.669. The highest BCUT2D eigenvalue weighted by molar-refractivity contribution is 6.14. The highest BCUT2D eigenvalue weighted by Gasteiger charge is 2.18. The molecule has 9 aromatic carbocycles. The SMILES string of the molecule is c1ccc(-c2cc(-c3cc(-c4cc5ccccc5c5ccccc45)cc(-n4c5ccccc5c5ccccc54)c3)nc(-c3ccc4oc5ccccc5c4c3)c2)cc1. The monoisotopic (exact) mass is 738 g/mol. The van der Waals surface area contributed by atoms with Gasteiger partial charge in [0.05, 0.1) is 22.4 Å². The Morgan fingerprint density at radius 2 is 0.914 bits per heavy atom. The number of para-hydroxylation sites is 3. The fourth-order valence-electron chi connectivity index (χ4n) is 9.05. The second-order valence-corrected chi connectivity index (χ2v) is 15.1. The standard InChI is InChI=1S/C55H34N2O/c1-2-14-35(15-3-1)38-33-50(37-26-27-55-49(32-37)47-22-10-13-25-54(47)58-55)56-51(34-38)40-28-39(48-31-36-16-4-5-17-42(36)43-18-6-7-19-44(43)48)29-41(30-40)57-52-23-11-8-20-45(52)46-21-9-12-24-53(46)57/h1-34H. The maximum absolute atomic E-state index is 6.23. The zero-order valence-corrected chi connectivity index (χ0v) is 31.4. The zero-order chi connectivity index (χ0) is 38.2. The summed E-state index contributed by atoms with van der Waals surface area (Å²) in [5, 5.41) is 9.58. The summed E-state index contributed by atoms with van der Waals surface area (Å²) in [6, 6.07) is 74.1. The van der Waals surface area contributed by atoms with Crippen LogP contribution in [0.3, 0.4) is 0 Å². The van der Waals surface area contributed by atoms with E-state index in [1.54, 1.807) is 0 Å². The van der Waals surface area contributed by atoms with E-state index in [1.807, 2.05) is 12.1 Å². The maximum atomic E-state index is 6.23. The first-order valence-electron chi connectivity index (χ1n) is 19.8. The molecular weight excluding hydrogens is 705 g/mol. The van der Waals surface area contributed by atoms with Gasteiger partial charge in [0.25, 0.3) is 0 Å². The summed E-state index contributed by atoms with van der Waals surface area (Å²) in [5.41, 5.74) is 13.6. The Morgan fingerprint density at radius 3 is 1.69 bits per heavy atom. The van der Waals surface area contributed by atoms with E-state index in [9.17, 15) is 0 Å². The molecule has 0 bridgehead atoms. The summed E-state index contributed by atoms with van der Waals surface area (Å²) in [6.45, 7) is 0. The van der Waals surface area contributed by atoms with Crippen LogP contribution in [0.1, 0.15) is 0 Å². The maximum Gasteiger partial charge on any atom is 0.135 e. The average molecular weight is 739 g/mol. The van der Waals surface area contributed by atoms with Crippen molar-refractivity contribution in [2.45, 2.75) is 0 Å². The van der Waals surface area contributed by atoms with Gasteiger partial charge in [-0.3, -0.25) is 0 Å². The van der Waals surface area contributed by atoms with E-state index in [4.69, 9.17) is 9.40 Å². The van der Waals surface area contributed by atoms with Crippen LogP contribution >= 0.6 is 0 Å². The molecule has 12 aromatic rings. The molecule has 0 saturated carbocycles. The first kappa shape index (κ1) is 32.5. The van der Waals surface area contributed by atoms with Crippen LogP contribution in [-0.2, 0) is 0 Å². The minimum Gasteiger partial charge on any atom is -0.456 e. The predicted octanol–water partition coefficient (Wildman–Crippen LogP) is 15.1. The van der Waals surface area contributed by atoms with Gasteiger partial charge in [0.2, 0.25) is 0 Å². The molecule has 270 valence electrons. The predicted molar refractivity (Wildman–Crippen MR) is 243 cm³/mol. The lowest BCUT2D eigenvalue weighted by Gasteiger charge is -2.17. The Kier molecular flexibility index (Phi) is 7.23. The number of hydrogen-bond donors (Lipinski definition) is 0. The summed E-state index contributed by atoms with van der Waals surface area (Å²) >= 11 is 0. The van der Waals surface area contributed by atoms with Gasteiger partial charge in [-0.05, 0) is 117 Å². The second kappa shape index (κ2) is 12.9. The third-order valence-electron chi connectivity index (χ3n) is 11.7. The first-order valence-corrected chi connectivity index (χ1v) is 19.8. The van der Waals surface area contributed by atoms with E-state index in [0.29, 0.717) is 0 Å². The molecule has 0 aliphatic heterocycles. The van der Waals surface area contributed by atoms with Crippen molar-refractivity contribution in [3.05, 3.63) is 206 Å². The van der Waals surface area contributed by atoms with E-state index in [1.165, 1.54) is 48.9 Å². The molecule has 0 aliphatic rings. The van der Waals surface area contributed by atoms with Crippen molar-refractivity contribution in [3.63, 3.8) is 0 Å². The highest BCUT2D eigenvalue weighted by Crippen LogP contribution is 2.41. The van der Waals surface area contributed by atoms with Crippen molar-refractivity contribution in [3.8, 4) is 50.5 Å². The molecule has 0 N–H and O–H groups in total. The number of hydrogen-bond acceptors (Lipinski definition) is 2. The molecule has 12 rings (SSSR count). The van der Waals surface area contributed by atoms with Crippen LogP contribution in [0.2, 0.25) is 0 Å². The van der Waals surface area contributed by atoms with Crippen LogP contribution in [0.15, 0.2) is 211 Å². The van der Waals surface area contributed by atoms with Crippen molar-refractivity contribution in [1.82, 2.24) is 9.55 Å². The molecule has 3 nitrogen and oxygen atoms in total. The van der Waals surface area contributed by atoms with E-state index in [2.05, 4.69) is 199 Å². The molecule has 3 heterocycles. The average Bonchev–Trinajstić information content (AvgIpc) is 3.84. The van der Waals surface area contributed by atoms with Gasteiger partial charge in [-0.25, -0.2) is 4.98 Å². The zero-order valence-electron chi connectivity index (χ0n) is 31.4. The van der Waals surface area contributed by atoms with E-state index >= 15 is 0 Å². The second-order valence-electron chi connectivity index (χ2n) is 15.1. The molecule has 0 amide bonds. The Labute approximate surface area is 334 Å². The molecule has 58 heavy (non-hydrogen) atoms. The third kappa shape index (κ3) is 5.18. The number of aromatic nitrogens is 2. The van der Waals surface area contributed by atoms with Crippen LogP contribution in [-0.4, -0.2) is 9.55 Å². The number of pyridine rings is 1. The van der Waals surface area contributed by atoms with Gasteiger partial charge in [-0.15, -0.1) is 0 Å². The smallest absolute Gasteiger partial charge is 0.135 e. The number of fused-ring (bicyclic) bond motifs is 9. The summed E-state index contributed by atoms with van der Waals surface area (Å²) in [6.07, 6.45) is 0. The van der Waals surface area contributed by atoms with Crippen LogP contribution in [0, 0.1) is 0 Å². The Bertz CT molecular complexity index is 3520. The Hall–Kier alpha value is -7.75. The van der Waals surface area contributed by atoms with Crippen molar-refractivity contribution < 1.29 is 4.42 Å². The van der Waals surface area contributed by atoms with E-state index < -0.39 is 0 Å². The number of rotatable bonds is 5. The first-order chi connectivity index (χ1) is 28.7. The van der Waals surface area contributed by atoms with Crippen molar-refractivity contribution in [1.29, 1.82) is 0 Å². The Balaban J connectivity index is 1.16. The fraction of sp³-hybridized carbons (Fsp3) is 0. The number of furan rings is 1. The molecule has 0 saturated heterocycles. The van der Waals surface area contributed by atoms with Gasteiger partial charge in [-0.2, -0.15) is 0 Å². The van der Waals surface area contributed by atoms with Crippen LogP contribution < -0.4 is 0 Å². The largest absolute Gasteiger partial charge is 0.456 e. The summed E-state index contributed by atoms with van der Waals surface area (Å²) < 4.78 is 8.65. The molecule has 0 radical (unpaired) electrons. The summed E-state index contributed by atoms with van der Waals surface area (Å²) in [5.74, 6) is 0. The lowest BCUT2D eigenvalue weighted by atomic mass is 9.91. The van der Waals surface area contributed by atoms with Crippen molar-refractivity contribution in [2.75, 3.05) is 0 Å². The Morgan fingerprint density at radius 1 is 0.328 bits per heavy atom. The van der Waals surface area contributed by atoms with E-state index in [0.717, 1.165) is 66.8 Å². The molecule has 0 fully saturated rings.